The Morgan fingerprint density at radius 3 is 2.55 bits per heavy atom. The SMILES string of the molecule is CCOc1cc(-c2ccccc2OC)c(C2CC2)cc1C=O. The number of benzene rings is 2. The van der Waals surface area contributed by atoms with Gasteiger partial charge in [-0.3, -0.25) is 4.79 Å². The minimum atomic E-state index is 0.536. The van der Waals surface area contributed by atoms with E-state index in [4.69, 9.17) is 9.47 Å². The van der Waals surface area contributed by atoms with Crippen LogP contribution in [-0.4, -0.2) is 20.0 Å². The molecule has 0 N–H and O–H groups in total. The zero-order chi connectivity index (χ0) is 15.5. The number of carbonyl (C=O) groups is 1. The van der Waals surface area contributed by atoms with Crippen molar-refractivity contribution in [1.29, 1.82) is 0 Å². The lowest BCUT2D eigenvalue weighted by molar-refractivity contribution is 0.112. The van der Waals surface area contributed by atoms with Crippen LogP contribution in [0.25, 0.3) is 11.1 Å². The molecule has 114 valence electrons. The number of methoxy groups -OCH3 is 1. The summed E-state index contributed by atoms with van der Waals surface area (Å²) in [6, 6.07) is 11.9. The number of para-hydroxylation sites is 1. The molecular formula is C19H20O3. The third-order valence-corrected chi connectivity index (χ3v) is 4.02. The van der Waals surface area contributed by atoms with Crippen molar-refractivity contribution < 1.29 is 14.3 Å². The zero-order valence-electron chi connectivity index (χ0n) is 13.0. The Hall–Kier alpha value is -2.29. The first-order chi connectivity index (χ1) is 10.8. The molecule has 0 aromatic heterocycles. The fourth-order valence-electron chi connectivity index (χ4n) is 2.82. The molecule has 1 aliphatic rings. The molecule has 2 aromatic rings. The average Bonchev–Trinajstić information content (AvgIpc) is 3.39. The summed E-state index contributed by atoms with van der Waals surface area (Å²) in [5.41, 5.74) is 4.00. The van der Waals surface area contributed by atoms with E-state index >= 15 is 0 Å². The first-order valence-corrected chi connectivity index (χ1v) is 7.67. The molecule has 1 fully saturated rings. The van der Waals surface area contributed by atoms with E-state index in [1.165, 1.54) is 18.4 Å². The van der Waals surface area contributed by atoms with Gasteiger partial charge in [-0.1, -0.05) is 18.2 Å². The summed E-state index contributed by atoms with van der Waals surface area (Å²) in [6.45, 7) is 2.46. The highest BCUT2D eigenvalue weighted by atomic mass is 16.5. The highest BCUT2D eigenvalue weighted by Gasteiger charge is 2.28. The molecule has 3 heteroatoms. The number of hydrogen-bond acceptors (Lipinski definition) is 3. The van der Waals surface area contributed by atoms with Crippen LogP contribution in [0.15, 0.2) is 36.4 Å². The van der Waals surface area contributed by atoms with E-state index in [0.29, 0.717) is 23.8 Å². The molecular weight excluding hydrogens is 276 g/mol. The second-order valence-corrected chi connectivity index (χ2v) is 5.50. The molecule has 0 aliphatic heterocycles. The Kier molecular flexibility index (Phi) is 4.14. The molecule has 0 bridgehead atoms. The first kappa shape index (κ1) is 14.6. The largest absolute Gasteiger partial charge is 0.496 e. The molecule has 3 nitrogen and oxygen atoms in total. The predicted molar refractivity (Wildman–Crippen MR) is 87.0 cm³/mol. The van der Waals surface area contributed by atoms with Crippen molar-refractivity contribution in [2.24, 2.45) is 0 Å². The van der Waals surface area contributed by atoms with Gasteiger partial charge in [0, 0.05) is 5.56 Å². The van der Waals surface area contributed by atoms with Crippen LogP contribution in [0.3, 0.4) is 0 Å². The number of aldehydes is 1. The van der Waals surface area contributed by atoms with Crippen molar-refractivity contribution in [3.63, 3.8) is 0 Å². The molecule has 0 heterocycles. The van der Waals surface area contributed by atoms with Gasteiger partial charge < -0.3 is 9.47 Å². The van der Waals surface area contributed by atoms with Gasteiger partial charge in [-0.2, -0.15) is 0 Å². The summed E-state index contributed by atoms with van der Waals surface area (Å²) in [4.78, 5) is 11.4. The van der Waals surface area contributed by atoms with Crippen LogP contribution in [-0.2, 0) is 0 Å². The van der Waals surface area contributed by atoms with E-state index < -0.39 is 0 Å². The van der Waals surface area contributed by atoms with Gasteiger partial charge >= 0.3 is 0 Å². The third kappa shape index (κ3) is 2.71. The quantitative estimate of drug-likeness (QED) is 0.739. The van der Waals surface area contributed by atoms with E-state index in [0.717, 1.165) is 23.2 Å². The molecule has 3 rings (SSSR count). The smallest absolute Gasteiger partial charge is 0.153 e. The standard InChI is InChI=1S/C19H20O3/c1-3-22-19-11-17(15-6-4-5-7-18(15)21-2)16(13-8-9-13)10-14(19)12-20/h4-7,10-13H,3,8-9H2,1-2H3. The molecule has 2 aromatic carbocycles. The molecule has 1 saturated carbocycles. The topological polar surface area (TPSA) is 35.5 Å². The summed E-state index contributed by atoms with van der Waals surface area (Å²) in [7, 11) is 1.68. The molecule has 22 heavy (non-hydrogen) atoms. The zero-order valence-corrected chi connectivity index (χ0v) is 13.0. The number of rotatable bonds is 6. The highest BCUT2D eigenvalue weighted by molar-refractivity contribution is 5.85. The Labute approximate surface area is 130 Å². The monoisotopic (exact) mass is 296 g/mol. The molecule has 0 saturated heterocycles. The second-order valence-electron chi connectivity index (χ2n) is 5.50. The van der Waals surface area contributed by atoms with Gasteiger partial charge in [0.2, 0.25) is 0 Å². The highest BCUT2D eigenvalue weighted by Crippen LogP contribution is 2.47. The predicted octanol–water partition coefficient (Wildman–Crippen LogP) is 4.45. The van der Waals surface area contributed by atoms with E-state index in [1.807, 2.05) is 37.3 Å². The van der Waals surface area contributed by atoms with Crippen LogP contribution in [0, 0.1) is 0 Å². The molecule has 0 radical (unpaired) electrons. The van der Waals surface area contributed by atoms with Gasteiger partial charge in [-0.05, 0) is 55.0 Å². The van der Waals surface area contributed by atoms with Crippen LogP contribution >= 0.6 is 0 Å². The average molecular weight is 296 g/mol. The van der Waals surface area contributed by atoms with Gasteiger partial charge in [0.05, 0.1) is 19.3 Å². The van der Waals surface area contributed by atoms with E-state index in [2.05, 4.69) is 6.07 Å². The Morgan fingerprint density at radius 2 is 1.91 bits per heavy atom. The van der Waals surface area contributed by atoms with E-state index in [1.54, 1.807) is 7.11 Å². The summed E-state index contributed by atoms with van der Waals surface area (Å²) in [5.74, 6) is 2.02. The van der Waals surface area contributed by atoms with Gasteiger partial charge in [0.25, 0.3) is 0 Å². The van der Waals surface area contributed by atoms with E-state index in [9.17, 15) is 4.79 Å². The Balaban J connectivity index is 2.19. The van der Waals surface area contributed by atoms with E-state index in [-0.39, 0.29) is 0 Å². The van der Waals surface area contributed by atoms with Gasteiger partial charge in [0.1, 0.15) is 11.5 Å². The van der Waals surface area contributed by atoms with Gasteiger partial charge in [-0.25, -0.2) is 0 Å². The van der Waals surface area contributed by atoms with Crippen LogP contribution in [0.1, 0.15) is 41.6 Å². The minimum Gasteiger partial charge on any atom is -0.496 e. The molecule has 0 spiro atoms. The lowest BCUT2D eigenvalue weighted by Crippen LogP contribution is -2.00. The minimum absolute atomic E-state index is 0.536. The van der Waals surface area contributed by atoms with Crippen molar-refractivity contribution in [3.05, 3.63) is 47.5 Å². The van der Waals surface area contributed by atoms with Crippen molar-refractivity contribution in [1.82, 2.24) is 0 Å². The van der Waals surface area contributed by atoms with Crippen LogP contribution < -0.4 is 9.47 Å². The summed E-state index contributed by atoms with van der Waals surface area (Å²) >= 11 is 0. The van der Waals surface area contributed by atoms with Crippen LogP contribution in [0.4, 0.5) is 0 Å². The summed E-state index contributed by atoms with van der Waals surface area (Å²) < 4.78 is 11.1. The van der Waals surface area contributed by atoms with Crippen LogP contribution in [0.5, 0.6) is 11.5 Å². The number of ether oxygens (including phenoxy) is 2. The second kappa shape index (κ2) is 6.22. The van der Waals surface area contributed by atoms with Crippen molar-refractivity contribution in [2.45, 2.75) is 25.7 Å². The normalized spacial score (nSPS) is 13.7. The van der Waals surface area contributed by atoms with Gasteiger partial charge in [-0.15, -0.1) is 0 Å². The lowest BCUT2D eigenvalue weighted by atomic mass is 9.93. The van der Waals surface area contributed by atoms with Crippen molar-refractivity contribution in [2.75, 3.05) is 13.7 Å². The molecule has 0 atom stereocenters. The fourth-order valence-corrected chi connectivity index (χ4v) is 2.82. The lowest BCUT2D eigenvalue weighted by Gasteiger charge is -2.16. The Morgan fingerprint density at radius 1 is 1.14 bits per heavy atom. The molecule has 0 unspecified atom stereocenters. The van der Waals surface area contributed by atoms with Gasteiger partial charge in [0.15, 0.2) is 6.29 Å². The summed E-state index contributed by atoms with van der Waals surface area (Å²) in [5, 5.41) is 0. The third-order valence-electron chi connectivity index (χ3n) is 4.02. The maximum absolute atomic E-state index is 11.4. The fraction of sp³-hybridized carbons (Fsp3) is 0.316. The molecule has 0 amide bonds. The number of carbonyl (C=O) groups excluding carboxylic acids is 1. The summed E-state index contributed by atoms with van der Waals surface area (Å²) in [6.07, 6.45) is 3.23. The van der Waals surface area contributed by atoms with Crippen molar-refractivity contribution >= 4 is 6.29 Å². The first-order valence-electron chi connectivity index (χ1n) is 7.67. The van der Waals surface area contributed by atoms with Crippen LogP contribution in [0.2, 0.25) is 0 Å². The Bertz CT molecular complexity index is 687. The number of hydrogen-bond donors (Lipinski definition) is 0. The maximum Gasteiger partial charge on any atom is 0.153 e. The maximum atomic E-state index is 11.4. The van der Waals surface area contributed by atoms with Crippen molar-refractivity contribution in [3.8, 4) is 22.6 Å². The molecule has 1 aliphatic carbocycles.